The topological polar surface area (TPSA) is 75.7 Å². The molecule has 0 heterocycles. The van der Waals surface area contributed by atoms with Crippen LogP contribution >= 0.6 is 0 Å². The van der Waals surface area contributed by atoms with Gasteiger partial charge in [-0.2, -0.15) is 0 Å². The average Bonchev–Trinajstić information content (AvgIpc) is 2.59. The number of hydrogen-bond acceptors (Lipinski definition) is 4. The van der Waals surface area contributed by atoms with E-state index in [1.165, 1.54) is 42.2 Å². The second-order valence-corrected chi connectivity index (χ2v) is 5.40. The van der Waals surface area contributed by atoms with Crippen LogP contribution in [-0.2, 0) is 14.3 Å². The van der Waals surface area contributed by atoms with Crippen molar-refractivity contribution in [2.75, 3.05) is 23.4 Å². The Kier molecular flexibility index (Phi) is 6.43. The third-order valence-corrected chi connectivity index (χ3v) is 3.48. The van der Waals surface area contributed by atoms with Crippen molar-refractivity contribution >= 4 is 29.2 Å². The molecule has 0 radical (unpaired) electrons. The first-order valence-corrected chi connectivity index (χ1v) is 8.02. The second-order valence-electron chi connectivity index (χ2n) is 5.40. The maximum absolute atomic E-state index is 13.2. The predicted octanol–water partition coefficient (Wildman–Crippen LogP) is 2.99. The van der Waals surface area contributed by atoms with E-state index in [9.17, 15) is 18.8 Å². The monoisotopic (exact) mass is 358 g/mol. The van der Waals surface area contributed by atoms with Gasteiger partial charge in [-0.05, 0) is 37.3 Å². The maximum atomic E-state index is 13.2. The van der Waals surface area contributed by atoms with Gasteiger partial charge in [-0.25, -0.2) is 9.18 Å². The smallest absolute Gasteiger partial charge is 0.340 e. The minimum Gasteiger partial charge on any atom is -0.462 e. The van der Waals surface area contributed by atoms with Crippen LogP contribution in [0.15, 0.2) is 48.5 Å². The van der Waals surface area contributed by atoms with Gasteiger partial charge in [0.25, 0.3) is 0 Å². The Morgan fingerprint density at radius 1 is 1.12 bits per heavy atom. The number of esters is 1. The van der Waals surface area contributed by atoms with Crippen LogP contribution < -0.4 is 10.2 Å². The van der Waals surface area contributed by atoms with Gasteiger partial charge in [0, 0.05) is 12.6 Å². The average molecular weight is 358 g/mol. The number of carbonyl (C=O) groups is 3. The molecule has 0 unspecified atom stereocenters. The first-order chi connectivity index (χ1) is 12.4. The predicted molar refractivity (Wildman–Crippen MR) is 95.5 cm³/mol. The number of amides is 2. The maximum Gasteiger partial charge on any atom is 0.340 e. The fourth-order valence-corrected chi connectivity index (χ4v) is 2.37. The molecule has 0 atom stereocenters. The molecule has 0 spiro atoms. The molecule has 0 aliphatic heterocycles. The third kappa shape index (κ3) is 4.89. The van der Waals surface area contributed by atoms with Crippen LogP contribution in [0, 0.1) is 5.82 Å². The molecule has 0 aliphatic rings. The molecular formula is C19H19FN2O4. The molecule has 7 heteroatoms. The first kappa shape index (κ1) is 19.1. The lowest BCUT2D eigenvalue weighted by Crippen LogP contribution is -2.37. The van der Waals surface area contributed by atoms with E-state index in [0.29, 0.717) is 0 Å². The molecule has 0 saturated carbocycles. The zero-order valence-corrected chi connectivity index (χ0v) is 14.5. The summed E-state index contributed by atoms with van der Waals surface area (Å²) in [7, 11) is 0. The number of rotatable bonds is 6. The van der Waals surface area contributed by atoms with Crippen LogP contribution in [0.1, 0.15) is 24.2 Å². The normalized spacial score (nSPS) is 10.1. The van der Waals surface area contributed by atoms with Gasteiger partial charge in [-0.1, -0.05) is 18.2 Å². The summed E-state index contributed by atoms with van der Waals surface area (Å²) in [5.74, 6) is -2.01. The Morgan fingerprint density at radius 2 is 1.85 bits per heavy atom. The fraction of sp³-hybridized carbons (Fsp3) is 0.211. The van der Waals surface area contributed by atoms with E-state index in [-0.39, 0.29) is 30.1 Å². The van der Waals surface area contributed by atoms with Gasteiger partial charge in [0.05, 0.1) is 17.9 Å². The van der Waals surface area contributed by atoms with E-state index in [1.807, 2.05) is 0 Å². The molecule has 26 heavy (non-hydrogen) atoms. The van der Waals surface area contributed by atoms with Crippen LogP contribution in [-0.4, -0.2) is 30.9 Å². The van der Waals surface area contributed by atoms with Crippen LogP contribution in [0.2, 0.25) is 0 Å². The largest absolute Gasteiger partial charge is 0.462 e. The molecule has 6 nitrogen and oxygen atoms in total. The van der Waals surface area contributed by atoms with Crippen molar-refractivity contribution in [3.63, 3.8) is 0 Å². The Labute approximate surface area is 150 Å². The number of halogens is 1. The number of nitrogens with zero attached hydrogens (tertiary/aromatic N) is 1. The molecule has 0 fully saturated rings. The van der Waals surface area contributed by atoms with Gasteiger partial charge in [0.15, 0.2) is 0 Å². The molecule has 136 valence electrons. The minimum atomic E-state index is -0.583. The lowest BCUT2D eigenvalue weighted by molar-refractivity contribution is -0.120. The second kappa shape index (κ2) is 8.75. The van der Waals surface area contributed by atoms with Crippen LogP contribution in [0.3, 0.4) is 0 Å². The highest BCUT2D eigenvalue weighted by Gasteiger charge is 2.22. The van der Waals surface area contributed by atoms with Crippen LogP contribution in [0.25, 0.3) is 0 Å². The number of benzene rings is 2. The van der Waals surface area contributed by atoms with E-state index in [2.05, 4.69) is 5.32 Å². The van der Waals surface area contributed by atoms with E-state index in [1.54, 1.807) is 25.1 Å². The molecule has 2 amide bonds. The molecule has 0 bridgehead atoms. The van der Waals surface area contributed by atoms with Crippen molar-refractivity contribution < 1.29 is 23.5 Å². The van der Waals surface area contributed by atoms with E-state index < -0.39 is 23.6 Å². The van der Waals surface area contributed by atoms with Gasteiger partial charge in [0.2, 0.25) is 11.8 Å². The van der Waals surface area contributed by atoms with Crippen molar-refractivity contribution in [2.45, 2.75) is 13.8 Å². The summed E-state index contributed by atoms with van der Waals surface area (Å²) in [6, 6.07) is 11.8. The lowest BCUT2D eigenvalue weighted by atomic mass is 10.1. The molecule has 1 N–H and O–H groups in total. The summed E-state index contributed by atoms with van der Waals surface area (Å²) in [4.78, 5) is 37.6. The zero-order chi connectivity index (χ0) is 19.1. The molecule has 2 aromatic rings. The van der Waals surface area contributed by atoms with E-state index >= 15 is 0 Å². The molecule has 0 aromatic heterocycles. The Morgan fingerprint density at radius 3 is 2.50 bits per heavy atom. The highest BCUT2D eigenvalue weighted by atomic mass is 19.1. The van der Waals surface area contributed by atoms with E-state index in [4.69, 9.17) is 4.74 Å². The quantitative estimate of drug-likeness (QED) is 0.806. The highest BCUT2D eigenvalue weighted by Crippen LogP contribution is 2.22. The van der Waals surface area contributed by atoms with Gasteiger partial charge in [0.1, 0.15) is 12.4 Å². The standard InChI is InChI=1S/C19H19FN2O4/c1-3-26-19(25)16-9-4-5-10-17(16)22(13(2)23)12-18(24)21-15-8-6-7-14(20)11-15/h4-11H,3,12H2,1-2H3,(H,21,24). The molecule has 0 saturated heterocycles. The Hall–Kier alpha value is -3.22. The number of ether oxygens (including phenoxy) is 1. The number of carbonyl (C=O) groups excluding carboxylic acids is 3. The van der Waals surface area contributed by atoms with Gasteiger partial charge >= 0.3 is 5.97 Å². The Balaban J connectivity index is 2.23. The summed E-state index contributed by atoms with van der Waals surface area (Å²) < 4.78 is 18.2. The molecular weight excluding hydrogens is 339 g/mol. The zero-order valence-electron chi connectivity index (χ0n) is 14.5. The van der Waals surface area contributed by atoms with Crippen molar-refractivity contribution in [3.05, 3.63) is 59.9 Å². The minimum absolute atomic E-state index is 0.183. The summed E-state index contributed by atoms with van der Waals surface area (Å²) in [6.07, 6.45) is 0. The van der Waals surface area contributed by atoms with Gasteiger partial charge in [-0.15, -0.1) is 0 Å². The first-order valence-electron chi connectivity index (χ1n) is 8.02. The Bertz CT molecular complexity index is 823. The summed E-state index contributed by atoms with van der Waals surface area (Å²) >= 11 is 0. The number of anilines is 2. The van der Waals surface area contributed by atoms with Gasteiger partial charge < -0.3 is 15.0 Å². The summed E-state index contributed by atoms with van der Waals surface area (Å²) in [6.45, 7) is 2.82. The molecule has 0 aliphatic carbocycles. The summed E-state index contributed by atoms with van der Waals surface area (Å²) in [5, 5.41) is 2.52. The van der Waals surface area contributed by atoms with Crippen LogP contribution in [0.5, 0.6) is 0 Å². The number of nitrogens with one attached hydrogen (secondary N) is 1. The van der Waals surface area contributed by atoms with Crippen molar-refractivity contribution in [1.82, 2.24) is 0 Å². The number of hydrogen-bond donors (Lipinski definition) is 1. The highest BCUT2D eigenvalue weighted by molar-refractivity contribution is 6.06. The number of para-hydroxylation sites is 1. The summed E-state index contributed by atoms with van der Waals surface area (Å²) in [5.41, 5.74) is 0.730. The lowest BCUT2D eigenvalue weighted by Gasteiger charge is -2.23. The van der Waals surface area contributed by atoms with Gasteiger partial charge in [-0.3, -0.25) is 9.59 Å². The molecule has 2 rings (SSSR count). The van der Waals surface area contributed by atoms with Crippen LogP contribution in [0.4, 0.5) is 15.8 Å². The van der Waals surface area contributed by atoms with E-state index in [0.717, 1.165) is 0 Å². The van der Waals surface area contributed by atoms with Crippen molar-refractivity contribution in [2.24, 2.45) is 0 Å². The van der Waals surface area contributed by atoms with Crippen molar-refractivity contribution in [1.29, 1.82) is 0 Å². The third-order valence-electron chi connectivity index (χ3n) is 3.48. The SMILES string of the molecule is CCOC(=O)c1ccccc1N(CC(=O)Nc1cccc(F)c1)C(C)=O. The molecule has 2 aromatic carbocycles. The van der Waals surface area contributed by atoms with Crippen molar-refractivity contribution in [3.8, 4) is 0 Å². The fourth-order valence-electron chi connectivity index (χ4n) is 2.37.